The minimum Gasteiger partial charge on any atom is -0.397 e. The first-order valence-electron chi connectivity index (χ1n) is 4.51. The van der Waals surface area contributed by atoms with Crippen molar-refractivity contribution in [1.29, 1.82) is 0 Å². The minimum absolute atomic E-state index is 0.822. The van der Waals surface area contributed by atoms with Gasteiger partial charge in [0.25, 0.3) is 0 Å². The van der Waals surface area contributed by atoms with E-state index in [-0.39, 0.29) is 0 Å². The molecule has 0 aliphatic rings. The average molecular weight is 176 g/mol. The molecule has 0 spiro atoms. The zero-order valence-corrected chi connectivity index (χ0v) is 8.17. The summed E-state index contributed by atoms with van der Waals surface area (Å²) in [5, 5.41) is 3.20. The first-order chi connectivity index (χ1) is 6.25. The third-order valence-electron chi connectivity index (χ3n) is 1.93. The molecule has 0 radical (unpaired) electrons. The number of benzene rings is 1. The van der Waals surface area contributed by atoms with Gasteiger partial charge in [0, 0.05) is 12.2 Å². The zero-order chi connectivity index (χ0) is 9.68. The first kappa shape index (κ1) is 9.65. The van der Waals surface area contributed by atoms with E-state index in [0.717, 1.165) is 23.5 Å². The molecule has 2 heteroatoms. The largest absolute Gasteiger partial charge is 0.397 e. The first-order valence-corrected chi connectivity index (χ1v) is 4.51. The van der Waals surface area contributed by atoms with Crippen molar-refractivity contribution in [3.05, 3.63) is 41.6 Å². The molecule has 0 atom stereocenters. The molecule has 0 heterocycles. The van der Waals surface area contributed by atoms with E-state index in [2.05, 4.69) is 12.2 Å². The Morgan fingerprint density at radius 3 is 2.46 bits per heavy atom. The van der Waals surface area contributed by atoms with E-state index in [4.69, 9.17) is 5.73 Å². The summed E-state index contributed by atoms with van der Waals surface area (Å²) in [4.78, 5) is 0. The number of hydrogen-bond donors (Lipinski definition) is 2. The van der Waals surface area contributed by atoms with Crippen LogP contribution in [0.15, 0.2) is 36.0 Å². The van der Waals surface area contributed by atoms with Crippen LogP contribution >= 0.6 is 0 Å². The number of rotatable bonds is 3. The predicted molar refractivity (Wildman–Crippen MR) is 56.9 cm³/mol. The van der Waals surface area contributed by atoms with Gasteiger partial charge in [-0.05, 0) is 19.4 Å². The van der Waals surface area contributed by atoms with Crippen LogP contribution in [0.5, 0.6) is 0 Å². The molecule has 0 saturated heterocycles. The monoisotopic (exact) mass is 176 g/mol. The van der Waals surface area contributed by atoms with E-state index in [1.54, 1.807) is 0 Å². The fourth-order valence-corrected chi connectivity index (χ4v) is 1.19. The maximum atomic E-state index is 5.94. The Morgan fingerprint density at radius 2 is 1.92 bits per heavy atom. The second-order valence-corrected chi connectivity index (χ2v) is 2.94. The van der Waals surface area contributed by atoms with Crippen molar-refractivity contribution in [3.63, 3.8) is 0 Å². The number of hydrogen-bond acceptors (Lipinski definition) is 2. The van der Waals surface area contributed by atoms with Gasteiger partial charge in [0.1, 0.15) is 0 Å². The molecule has 13 heavy (non-hydrogen) atoms. The summed E-state index contributed by atoms with van der Waals surface area (Å²) in [7, 11) is 0. The molecule has 2 nitrogen and oxygen atoms in total. The molecule has 70 valence electrons. The van der Waals surface area contributed by atoms with Crippen molar-refractivity contribution < 1.29 is 0 Å². The maximum absolute atomic E-state index is 5.94. The summed E-state index contributed by atoms with van der Waals surface area (Å²) in [5.74, 6) is 0. The van der Waals surface area contributed by atoms with Crippen LogP contribution in [0.4, 0.5) is 0 Å². The molecule has 0 fully saturated rings. The Labute approximate surface area is 79.5 Å². The normalized spacial score (nSPS) is 12.2. The number of nitrogens with one attached hydrogen (secondary N) is 1. The molecule has 1 aromatic rings. The third-order valence-corrected chi connectivity index (χ3v) is 1.93. The Kier molecular flexibility index (Phi) is 3.38. The molecule has 0 aromatic heterocycles. The van der Waals surface area contributed by atoms with Crippen LogP contribution < -0.4 is 11.1 Å². The summed E-state index contributed by atoms with van der Waals surface area (Å²) in [6, 6.07) is 9.98. The molecule has 0 amide bonds. The topological polar surface area (TPSA) is 38.0 Å². The molecule has 1 aromatic carbocycles. The van der Waals surface area contributed by atoms with E-state index in [9.17, 15) is 0 Å². The van der Waals surface area contributed by atoms with Crippen molar-refractivity contribution in [2.45, 2.75) is 13.8 Å². The van der Waals surface area contributed by atoms with Crippen molar-refractivity contribution in [1.82, 2.24) is 5.32 Å². The summed E-state index contributed by atoms with van der Waals surface area (Å²) in [6.07, 6.45) is 0. The van der Waals surface area contributed by atoms with Crippen LogP contribution in [0.3, 0.4) is 0 Å². The van der Waals surface area contributed by atoms with Crippen LogP contribution in [0.2, 0.25) is 0 Å². The Morgan fingerprint density at radius 1 is 1.31 bits per heavy atom. The highest BCUT2D eigenvalue weighted by atomic mass is 14.9. The second kappa shape index (κ2) is 4.55. The second-order valence-electron chi connectivity index (χ2n) is 2.94. The van der Waals surface area contributed by atoms with Gasteiger partial charge in [0.15, 0.2) is 0 Å². The van der Waals surface area contributed by atoms with Gasteiger partial charge in [-0.15, -0.1) is 0 Å². The van der Waals surface area contributed by atoms with Gasteiger partial charge in [-0.25, -0.2) is 0 Å². The van der Waals surface area contributed by atoms with Gasteiger partial charge < -0.3 is 11.1 Å². The molecule has 1 rings (SSSR count). The molecule has 0 unspecified atom stereocenters. The van der Waals surface area contributed by atoms with Crippen molar-refractivity contribution in [2.75, 3.05) is 6.54 Å². The Bertz CT molecular complexity index is 288. The van der Waals surface area contributed by atoms with Crippen LogP contribution in [0, 0.1) is 0 Å². The summed E-state index contributed by atoms with van der Waals surface area (Å²) in [6.45, 7) is 4.95. The van der Waals surface area contributed by atoms with E-state index in [1.807, 2.05) is 37.3 Å². The summed E-state index contributed by atoms with van der Waals surface area (Å²) in [5.41, 5.74) is 8.87. The average Bonchev–Trinajstić information content (AvgIpc) is 2.18. The SMILES string of the molecule is CCN/C(C)=C(\N)c1ccccc1. The van der Waals surface area contributed by atoms with Gasteiger partial charge in [0.05, 0.1) is 5.70 Å². The van der Waals surface area contributed by atoms with E-state index in [0.29, 0.717) is 0 Å². The van der Waals surface area contributed by atoms with Gasteiger partial charge in [-0.3, -0.25) is 0 Å². The van der Waals surface area contributed by atoms with Gasteiger partial charge in [-0.1, -0.05) is 30.3 Å². The predicted octanol–water partition coefficient (Wildman–Crippen LogP) is 1.94. The lowest BCUT2D eigenvalue weighted by Gasteiger charge is -2.08. The summed E-state index contributed by atoms with van der Waals surface area (Å²) < 4.78 is 0. The van der Waals surface area contributed by atoms with E-state index in [1.165, 1.54) is 0 Å². The fourth-order valence-electron chi connectivity index (χ4n) is 1.19. The highest BCUT2D eigenvalue weighted by molar-refractivity contribution is 5.64. The van der Waals surface area contributed by atoms with Crippen LogP contribution in [0.1, 0.15) is 19.4 Å². The molecule has 0 bridgehead atoms. The highest BCUT2D eigenvalue weighted by Gasteiger charge is 1.98. The fraction of sp³-hybridized carbons (Fsp3) is 0.273. The number of nitrogens with two attached hydrogens (primary N) is 1. The van der Waals surface area contributed by atoms with Crippen molar-refractivity contribution in [2.24, 2.45) is 5.73 Å². The molecular formula is C11H16N2. The number of allylic oxidation sites excluding steroid dienone is 1. The van der Waals surface area contributed by atoms with E-state index < -0.39 is 0 Å². The van der Waals surface area contributed by atoms with Gasteiger partial charge in [-0.2, -0.15) is 0 Å². The van der Waals surface area contributed by atoms with Crippen molar-refractivity contribution in [3.8, 4) is 0 Å². The van der Waals surface area contributed by atoms with E-state index >= 15 is 0 Å². The van der Waals surface area contributed by atoms with Gasteiger partial charge >= 0.3 is 0 Å². The molecule has 0 aliphatic heterocycles. The molecule has 3 N–H and O–H groups in total. The molecular weight excluding hydrogens is 160 g/mol. The van der Waals surface area contributed by atoms with Crippen LogP contribution in [-0.2, 0) is 0 Å². The lowest BCUT2D eigenvalue weighted by atomic mass is 10.1. The minimum atomic E-state index is 0.822. The Balaban J connectivity index is 2.89. The summed E-state index contributed by atoms with van der Waals surface area (Å²) >= 11 is 0. The highest BCUT2D eigenvalue weighted by Crippen LogP contribution is 2.10. The third kappa shape index (κ3) is 2.51. The molecule has 0 saturated carbocycles. The molecule has 0 aliphatic carbocycles. The van der Waals surface area contributed by atoms with Gasteiger partial charge in [0.2, 0.25) is 0 Å². The maximum Gasteiger partial charge on any atom is 0.0577 e. The quantitative estimate of drug-likeness (QED) is 0.738. The van der Waals surface area contributed by atoms with Crippen LogP contribution in [-0.4, -0.2) is 6.54 Å². The Hall–Kier alpha value is -1.44. The zero-order valence-electron chi connectivity index (χ0n) is 8.17. The standard InChI is InChI=1S/C11H16N2/c1-3-13-9(2)11(12)10-7-5-4-6-8-10/h4-8,13H,3,12H2,1-2H3/b11-9-. The van der Waals surface area contributed by atoms with Crippen molar-refractivity contribution >= 4 is 5.70 Å². The smallest absolute Gasteiger partial charge is 0.0577 e. The van der Waals surface area contributed by atoms with Crippen LogP contribution in [0.25, 0.3) is 5.70 Å². The lowest BCUT2D eigenvalue weighted by Crippen LogP contribution is -2.14. The lowest BCUT2D eigenvalue weighted by molar-refractivity contribution is 0.854.